The number of hydrogen-bond donors (Lipinski definition) is 0. The van der Waals surface area contributed by atoms with Crippen LogP contribution in [-0.2, 0) is 14.3 Å². The quantitative estimate of drug-likeness (QED) is 0.803. The van der Waals surface area contributed by atoms with E-state index in [0.29, 0.717) is 5.75 Å². The Morgan fingerprint density at radius 2 is 1.59 bits per heavy atom. The smallest absolute Gasteiger partial charge is 0.325 e. The van der Waals surface area contributed by atoms with Crippen molar-refractivity contribution in [2.75, 3.05) is 19.4 Å². The molecular formula is C17H23NO3S. The zero-order valence-corrected chi connectivity index (χ0v) is 14.9. The molecule has 120 valence electrons. The highest BCUT2D eigenvalue weighted by atomic mass is 32.2. The van der Waals surface area contributed by atoms with Gasteiger partial charge in [0.25, 0.3) is 0 Å². The molecule has 1 aromatic rings. The number of benzene rings is 1. The van der Waals surface area contributed by atoms with Gasteiger partial charge >= 0.3 is 5.97 Å². The summed E-state index contributed by atoms with van der Waals surface area (Å²) in [6.07, 6.45) is 0. The van der Waals surface area contributed by atoms with E-state index in [1.807, 2.05) is 0 Å². The van der Waals surface area contributed by atoms with Gasteiger partial charge in [-0.2, -0.15) is 0 Å². The lowest BCUT2D eigenvalue weighted by molar-refractivity contribution is -0.146. The maximum absolute atomic E-state index is 12.2. The summed E-state index contributed by atoms with van der Waals surface area (Å²) in [5, 5.41) is -0.107. The molecule has 4 nitrogen and oxygen atoms in total. The molecule has 0 aliphatic carbocycles. The summed E-state index contributed by atoms with van der Waals surface area (Å²) in [5.74, 6) is 0.0266. The molecule has 0 bridgehead atoms. The van der Waals surface area contributed by atoms with E-state index in [2.05, 4.69) is 34.6 Å². The Kier molecular flexibility index (Phi) is 4.85. The van der Waals surface area contributed by atoms with Crippen molar-refractivity contribution in [1.82, 2.24) is 4.90 Å². The fourth-order valence-corrected chi connectivity index (χ4v) is 4.33. The standard InChI is InChI=1S/C17H23NO3S/c1-9-10(2)12(4)16(13(5)11(9)3)17-18(7-15(20)21-6)14(19)8-22-17/h17H,7-8H2,1-6H3. The number of nitrogens with zero attached hydrogens (tertiary/aromatic N) is 1. The fraction of sp³-hybridized carbons (Fsp3) is 0.529. The van der Waals surface area contributed by atoms with Gasteiger partial charge in [0, 0.05) is 0 Å². The molecule has 0 N–H and O–H groups in total. The molecule has 1 amide bonds. The number of ether oxygens (including phenoxy) is 1. The van der Waals surface area contributed by atoms with E-state index in [4.69, 9.17) is 4.74 Å². The second-order valence-corrected chi connectivity index (χ2v) is 6.87. The van der Waals surface area contributed by atoms with Gasteiger partial charge in [0.15, 0.2) is 0 Å². The maximum atomic E-state index is 12.2. The molecule has 1 heterocycles. The molecule has 0 aromatic heterocycles. The van der Waals surface area contributed by atoms with E-state index < -0.39 is 0 Å². The Morgan fingerprint density at radius 3 is 2.09 bits per heavy atom. The van der Waals surface area contributed by atoms with Crippen LogP contribution in [0.25, 0.3) is 0 Å². The summed E-state index contributed by atoms with van der Waals surface area (Å²) in [6.45, 7) is 10.6. The van der Waals surface area contributed by atoms with Crippen molar-refractivity contribution in [3.63, 3.8) is 0 Å². The molecule has 1 aliphatic heterocycles. The van der Waals surface area contributed by atoms with Crippen LogP contribution < -0.4 is 0 Å². The number of thioether (sulfide) groups is 1. The van der Waals surface area contributed by atoms with Crippen LogP contribution >= 0.6 is 11.8 Å². The highest BCUT2D eigenvalue weighted by molar-refractivity contribution is 8.00. The van der Waals surface area contributed by atoms with Gasteiger partial charge in [-0.15, -0.1) is 11.8 Å². The molecule has 1 aliphatic rings. The second kappa shape index (κ2) is 6.32. The van der Waals surface area contributed by atoms with Gasteiger partial charge in [-0.3, -0.25) is 9.59 Å². The molecule has 1 saturated heterocycles. The number of amides is 1. The molecule has 1 aromatic carbocycles. The largest absolute Gasteiger partial charge is 0.468 e. The van der Waals surface area contributed by atoms with Crippen LogP contribution in [0.4, 0.5) is 0 Å². The van der Waals surface area contributed by atoms with Crippen molar-refractivity contribution in [3.8, 4) is 0 Å². The van der Waals surface area contributed by atoms with Crippen LogP contribution in [0, 0.1) is 34.6 Å². The number of esters is 1. The lowest BCUT2D eigenvalue weighted by Crippen LogP contribution is -2.34. The Balaban J connectivity index is 2.51. The van der Waals surface area contributed by atoms with Gasteiger partial charge in [0.1, 0.15) is 11.9 Å². The van der Waals surface area contributed by atoms with Crippen LogP contribution in [0.3, 0.4) is 0 Å². The Morgan fingerprint density at radius 1 is 1.09 bits per heavy atom. The molecule has 0 saturated carbocycles. The zero-order chi connectivity index (χ0) is 16.6. The highest BCUT2D eigenvalue weighted by Gasteiger charge is 2.36. The summed E-state index contributed by atoms with van der Waals surface area (Å²) in [4.78, 5) is 25.4. The minimum absolute atomic E-state index is 0.00455. The molecule has 1 fully saturated rings. The molecule has 0 radical (unpaired) electrons. The number of carbonyl (C=O) groups excluding carboxylic acids is 2. The van der Waals surface area contributed by atoms with Gasteiger partial charge in [-0.1, -0.05) is 0 Å². The predicted molar refractivity (Wildman–Crippen MR) is 89.1 cm³/mol. The minimum atomic E-state index is -0.378. The van der Waals surface area contributed by atoms with Crippen LogP contribution in [0.2, 0.25) is 0 Å². The van der Waals surface area contributed by atoms with E-state index in [-0.39, 0.29) is 23.8 Å². The third-order valence-electron chi connectivity index (χ3n) is 4.80. The summed E-state index contributed by atoms with van der Waals surface area (Å²) in [6, 6.07) is 0. The first-order chi connectivity index (χ1) is 10.3. The van der Waals surface area contributed by atoms with Gasteiger partial charge in [0.2, 0.25) is 5.91 Å². The normalized spacial score (nSPS) is 18.0. The van der Waals surface area contributed by atoms with E-state index in [1.54, 1.807) is 16.7 Å². The monoisotopic (exact) mass is 321 g/mol. The van der Waals surface area contributed by atoms with Gasteiger partial charge in [-0.25, -0.2) is 0 Å². The molecule has 1 atom stereocenters. The highest BCUT2D eigenvalue weighted by Crippen LogP contribution is 2.43. The Labute approximate surface area is 136 Å². The van der Waals surface area contributed by atoms with Crippen molar-refractivity contribution in [2.24, 2.45) is 0 Å². The van der Waals surface area contributed by atoms with Crippen LogP contribution in [0.5, 0.6) is 0 Å². The maximum Gasteiger partial charge on any atom is 0.325 e. The van der Waals surface area contributed by atoms with Crippen molar-refractivity contribution >= 4 is 23.6 Å². The lowest BCUT2D eigenvalue weighted by Gasteiger charge is -2.28. The number of rotatable bonds is 3. The number of carbonyl (C=O) groups is 2. The third-order valence-corrected chi connectivity index (χ3v) is 6.02. The minimum Gasteiger partial charge on any atom is -0.468 e. The predicted octanol–water partition coefficient (Wildman–Crippen LogP) is 2.98. The number of hydrogen-bond acceptors (Lipinski definition) is 4. The second-order valence-electron chi connectivity index (χ2n) is 5.80. The molecule has 1 unspecified atom stereocenters. The fourth-order valence-electron chi connectivity index (χ4n) is 2.97. The van der Waals surface area contributed by atoms with Crippen molar-refractivity contribution < 1.29 is 14.3 Å². The van der Waals surface area contributed by atoms with Crippen LogP contribution in [0.15, 0.2) is 0 Å². The topological polar surface area (TPSA) is 46.6 Å². The first-order valence-corrected chi connectivity index (χ1v) is 8.39. The van der Waals surface area contributed by atoms with E-state index in [0.717, 1.165) is 0 Å². The van der Waals surface area contributed by atoms with E-state index in [9.17, 15) is 9.59 Å². The lowest BCUT2D eigenvalue weighted by atomic mass is 9.89. The molecule has 0 spiro atoms. The summed E-state index contributed by atoms with van der Waals surface area (Å²) >= 11 is 1.58. The van der Waals surface area contributed by atoms with Crippen molar-refractivity contribution in [2.45, 2.75) is 40.0 Å². The summed E-state index contributed by atoms with van der Waals surface area (Å²) in [5.41, 5.74) is 7.41. The SMILES string of the molecule is COC(=O)CN1C(=O)CSC1c1c(C)c(C)c(C)c(C)c1C. The first kappa shape index (κ1) is 16.9. The van der Waals surface area contributed by atoms with Crippen LogP contribution in [0.1, 0.15) is 38.8 Å². The molecule has 5 heteroatoms. The first-order valence-electron chi connectivity index (χ1n) is 7.34. The van der Waals surface area contributed by atoms with Gasteiger partial charge in [0.05, 0.1) is 12.9 Å². The molecule has 2 rings (SSSR count). The van der Waals surface area contributed by atoms with Crippen molar-refractivity contribution in [3.05, 3.63) is 33.4 Å². The molecular weight excluding hydrogens is 298 g/mol. The average molecular weight is 321 g/mol. The Hall–Kier alpha value is -1.49. The third kappa shape index (κ3) is 2.74. The van der Waals surface area contributed by atoms with E-state index in [1.165, 1.54) is 40.5 Å². The van der Waals surface area contributed by atoms with Crippen LogP contribution in [-0.4, -0.2) is 36.2 Å². The van der Waals surface area contributed by atoms with Gasteiger partial charge < -0.3 is 9.64 Å². The van der Waals surface area contributed by atoms with Gasteiger partial charge in [-0.05, 0) is 68.0 Å². The molecule has 22 heavy (non-hydrogen) atoms. The van der Waals surface area contributed by atoms with E-state index >= 15 is 0 Å². The average Bonchev–Trinajstić information content (AvgIpc) is 2.84. The van der Waals surface area contributed by atoms with Crippen molar-refractivity contribution in [1.29, 1.82) is 0 Å². The Bertz CT molecular complexity index is 610. The number of methoxy groups -OCH3 is 1. The summed E-state index contributed by atoms with van der Waals surface area (Å²) in [7, 11) is 1.35. The summed E-state index contributed by atoms with van der Waals surface area (Å²) < 4.78 is 4.73. The zero-order valence-electron chi connectivity index (χ0n) is 14.1.